The lowest BCUT2D eigenvalue weighted by molar-refractivity contribution is -0.121. The number of anilines is 1. The van der Waals surface area contributed by atoms with Gasteiger partial charge in [-0.3, -0.25) is 14.4 Å². The Morgan fingerprint density at radius 1 is 1.21 bits per heavy atom. The summed E-state index contributed by atoms with van der Waals surface area (Å²) in [5, 5.41) is 5.02. The average Bonchev–Trinajstić information content (AvgIpc) is 3.23. The minimum absolute atomic E-state index is 0.116. The molecule has 0 bridgehead atoms. The van der Waals surface area contributed by atoms with Crippen molar-refractivity contribution in [2.24, 2.45) is 0 Å². The first kappa shape index (κ1) is 20.4. The maximum atomic E-state index is 12.9. The maximum Gasteiger partial charge on any atom is 0.264 e. The molecule has 28 heavy (non-hydrogen) atoms. The Morgan fingerprint density at radius 2 is 2.00 bits per heavy atom. The highest BCUT2D eigenvalue weighted by Crippen LogP contribution is 2.25. The molecule has 1 atom stereocenters. The van der Waals surface area contributed by atoms with Crippen molar-refractivity contribution in [2.45, 2.75) is 25.3 Å². The number of nitrogens with zero attached hydrogens (tertiary/aromatic N) is 2. The molecule has 1 aromatic carbocycles. The Kier molecular flexibility index (Phi) is 6.36. The monoisotopic (exact) mass is 419 g/mol. The van der Waals surface area contributed by atoms with Crippen LogP contribution in [-0.2, 0) is 4.79 Å². The zero-order valence-electron chi connectivity index (χ0n) is 15.8. The van der Waals surface area contributed by atoms with Crippen molar-refractivity contribution in [3.63, 3.8) is 0 Å². The van der Waals surface area contributed by atoms with E-state index in [1.807, 2.05) is 11.4 Å². The summed E-state index contributed by atoms with van der Waals surface area (Å²) in [5.41, 5.74) is 0.799. The first-order chi connectivity index (χ1) is 13.4. The van der Waals surface area contributed by atoms with Crippen LogP contribution in [0.3, 0.4) is 0 Å². The number of hydrogen-bond acceptors (Lipinski definition) is 4. The largest absolute Gasteiger partial charge is 0.345 e. The van der Waals surface area contributed by atoms with Crippen molar-refractivity contribution in [1.82, 2.24) is 9.80 Å². The van der Waals surface area contributed by atoms with Crippen LogP contribution in [0.4, 0.5) is 5.69 Å². The van der Waals surface area contributed by atoms with E-state index in [0.717, 1.165) is 12.8 Å². The lowest BCUT2D eigenvalue weighted by Gasteiger charge is -2.34. The number of carbonyl (C=O) groups excluding carboxylic acids is 3. The number of benzene rings is 1. The fourth-order valence-corrected chi connectivity index (χ4v) is 4.10. The van der Waals surface area contributed by atoms with Gasteiger partial charge in [-0.2, -0.15) is 0 Å². The highest BCUT2D eigenvalue weighted by atomic mass is 35.5. The molecule has 1 unspecified atom stereocenters. The fourth-order valence-electron chi connectivity index (χ4n) is 3.22. The minimum Gasteiger partial charge on any atom is -0.345 e. The molecular weight excluding hydrogens is 398 g/mol. The third kappa shape index (κ3) is 4.36. The summed E-state index contributed by atoms with van der Waals surface area (Å²) in [5.74, 6) is -0.613. The lowest BCUT2D eigenvalue weighted by atomic mass is 10.0. The molecule has 2 aromatic rings. The van der Waals surface area contributed by atoms with Crippen molar-refractivity contribution in [2.75, 3.05) is 26.0 Å². The smallest absolute Gasteiger partial charge is 0.264 e. The van der Waals surface area contributed by atoms with Gasteiger partial charge in [0.2, 0.25) is 5.91 Å². The Balaban J connectivity index is 1.78. The fraction of sp³-hybridized carbons (Fsp3) is 0.350. The zero-order chi connectivity index (χ0) is 20.3. The van der Waals surface area contributed by atoms with Gasteiger partial charge in [-0.1, -0.05) is 17.7 Å². The molecule has 6 nitrogen and oxygen atoms in total. The van der Waals surface area contributed by atoms with Gasteiger partial charge in [-0.15, -0.1) is 11.3 Å². The number of hydrogen-bond donors (Lipinski definition) is 1. The van der Waals surface area contributed by atoms with Gasteiger partial charge < -0.3 is 15.1 Å². The second-order valence-electron chi connectivity index (χ2n) is 6.87. The average molecular weight is 420 g/mol. The standard InChI is InChI=1S/C20H22ClN3O3S/c1-23(2)19(26)14-12-13(8-9-15(14)21)22-18(25)16-6-3-4-10-24(16)20(27)17-7-5-11-28-17/h5,7-9,11-12,16H,3-4,6,10H2,1-2H3,(H,22,25). The van der Waals surface area contributed by atoms with Gasteiger partial charge in [0.25, 0.3) is 11.8 Å². The second-order valence-corrected chi connectivity index (χ2v) is 8.23. The summed E-state index contributed by atoms with van der Waals surface area (Å²) in [7, 11) is 3.28. The molecule has 1 N–H and O–H groups in total. The maximum absolute atomic E-state index is 12.9. The number of nitrogens with one attached hydrogen (secondary N) is 1. The molecule has 148 valence electrons. The molecule has 0 radical (unpaired) electrons. The summed E-state index contributed by atoms with van der Waals surface area (Å²) in [4.78, 5) is 41.7. The molecule has 1 aliphatic heterocycles. The molecule has 3 rings (SSSR count). The predicted octanol–water partition coefficient (Wildman–Crippen LogP) is 3.74. The number of halogens is 1. The van der Waals surface area contributed by atoms with E-state index in [-0.39, 0.29) is 17.7 Å². The Labute approximate surface area is 173 Å². The van der Waals surface area contributed by atoms with Crippen LogP contribution in [0.5, 0.6) is 0 Å². The van der Waals surface area contributed by atoms with Gasteiger partial charge in [0.05, 0.1) is 15.5 Å². The van der Waals surface area contributed by atoms with Crippen LogP contribution in [0.2, 0.25) is 5.02 Å². The van der Waals surface area contributed by atoms with Gasteiger partial charge in [0, 0.05) is 26.3 Å². The van der Waals surface area contributed by atoms with Gasteiger partial charge in [0.1, 0.15) is 6.04 Å². The van der Waals surface area contributed by atoms with Crippen molar-refractivity contribution >= 4 is 46.3 Å². The summed E-state index contributed by atoms with van der Waals surface area (Å²) in [6.45, 7) is 0.555. The van der Waals surface area contributed by atoms with Crippen LogP contribution in [0.25, 0.3) is 0 Å². The molecule has 1 aromatic heterocycles. The Hall–Kier alpha value is -2.38. The van der Waals surface area contributed by atoms with Crippen LogP contribution in [0.15, 0.2) is 35.7 Å². The van der Waals surface area contributed by atoms with E-state index >= 15 is 0 Å². The third-order valence-electron chi connectivity index (χ3n) is 4.67. The molecule has 1 aliphatic rings. The van der Waals surface area contributed by atoms with Gasteiger partial charge in [0.15, 0.2) is 0 Å². The summed E-state index contributed by atoms with van der Waals surface area (Å²) < 4.78 is 0. The Bertz CT molecular complexity index is 883. The summed E-state index contributed by atoms with van der Waals surface area (Å²) >= 11 is 7.50. The van der Waals surface area contributed by atoms with Crippen LogP contribution < -0.4 is 5.32 Å². The number of likely N-dealkylation sites (tertiary alicyclic amines) is 1. The molecule has 0 aliphatic carbocycles. The van der Waals surface area contributed by atoms with E-state index in [1.54, 1.807) is 43.3 Å². The molecule has 1 saturated heterocycles. The molecule has 0 saturated carbocycles. The van der Waals surface area contributed by atoms with Crippen LogP contribution in [0.1, 0.15) is 39.3 Å². The third-order valence-corrected chi connectivity index (χ3v) is 5.86. The lowest BCUT2D eigenvalue weighted by Crippen LogP contribution is -2.49. The number of piperidine rings is 1. The number of amides is 3. The van der Waals surface area contributed by atoms with E-state index in [1.165, 1.54) is 16.2 Å². The molecular formula is C20H22ClN3O3S. The quantitative estimate of drug-likeness (QED) is 0.820. The van der Waals surface area contributed by atoms with E-state index < -0.39 is 6.04 Å². The normalized spacial score (nSPS) is 16.5. The summed E-state index contributed by atoms with van der Waals surface area (Å²) in [6, 6.07) is 7.87. The zero-order valence-corrected chi connectivity index (χ0v) is 17.3. The topological polar surface area (TPSA) is 69.7 Å². The van der Waals surface area contributed by atoms with Gasteiger partial charge >= 0.3 is 0 Å². The van der Waals surface area contributed by atoms with Crippen molar-refractivity contribution in [1.29, 1.82) is 0 Å². The van der Waals surface area contributed by atoms with E-state index in [4.69, 9.17) is 11.6 Å². The number of rotatable bonds is 4. The molecule has 2 heterocycles. The van der Waals surface area contributed by atoms with Crippen molar-refractivity contribution < 1.29 is 14.4 Å². The van der Waals surface area contributed by atoms with Crippen LogP contribution >= 0.6 is 22.9 Å². The second kappa shape index (κ2) is 8.75. The minimum atomic E-state index is -0.535. The molecule has 1 fully saturated rings. The SMILES string of the molecule is CN(C)C(=O)c1cc(NC(=O)C2CCCCN2C(=O)c2cccs2)ccc1Cl. The van der Waals surface area contributed by atoms with Crippen molar-refractivity contribution in [3.05, 3.63) is 51.2 Å². The van der Waals surface area contributed by atoms with E-state index in [9.17, 15) is 14.4 Å². The van der Waals surface area contributed by atoms with Gasteiger partial charge in [-0.05, 0) is 48.9 Å². The summed E-state index contributed by atoms with van der Waals surface area (Å²) in [6.07, 6.45) is 2.38. The number of carbonyl (C=O) groups is 3. The molecule has 3 amide bonds. The van der Waals surface area contributed by atoms with E-state index in [2.05, 4.69) is 5.32 Å². The van der Waals surface area contributed by atoms with Crippen LogP contribution in [0, 0.1) is 0 Å². The predicted molar refractivity (Wildman–Crippen MR) is 111 cm³/mol. The first-order valence-electron chi connectivity index (χ1n) is 9.05. The highest BCUT2D eigenvalue weighted by molar-refractivity contribution is 7.12. The van der Waals surface area contributed by atoms with Crippen LogP contribution in [-0.4, -0.2) is 54.2 Å². The molecule has 0 spiro atoms. The molecule has 8 heteroatoms. The first-order valence-corrected chi connectivity index (χ1v) is 10.3. The van der Waals surface area contributed by atoms with Crippen molar-refractivity contribution in [3.8, 4) is 0 Å². The highest BCUT2D eigenvalue weighted by Gasteiger charge is 2.33. The van der Waals surface area contributed by atoms with E-state index in [0.29, 0.717) is 34.1 Å². The number of thiophene rings is 1. The van der Waals surface area contributed by atoms with Gasteiger partial charge in [-0.25, -0.2) is 0 Å². The Morgan fingerprint density at radius 3 is 2.68 bits per heavy atom.